The number of nitrogens with zero attached hydrogens (tertiary/aromatic N) is 1. The topological polar surface area (TPSA) is 66.8 Å². The van der Waals surface area contributed by atoms with Crippen molar-refractivity contribution in [2.24, 2.45) is 0 Å². The lowest BCUT2D eigenvalue weighted by Gasteiger charge is -2.35. The molecule has 114 valence electrons. The monoisotopic (exact) mass is 327 g/mol. The molecule has 0 saturated carbocycles. The summed E-state index contributed by atoms with van der Waals surface area (Å²) in [5.41, 5.74) is 1.14. The van der Waals surface area contributed by atoms with E-state index in [1.165, 1.54) is 4.88 Å². The third-order valence-electron chi connectivity index (χ3n) is 3.75. The maximum Gasteiger partial charge on any atom is 0.306 e. The van der Waals surface area contributed by atoms with Crippen molar-refractivity contribution >= 4 is 35.0 Å². The maximum atomic E-state index is 12.8. The fraction of sp³-hybridized carbons (Fsp3) is 0.571. The molecule has 0 aromatic carbocycles. The minimum atomic E-state index is -0.888. The second-order valence-electron chi connectivity index (χ2n) is 5.17. The minimum Gasteiger partial charge on any atom is -0.481 e. The van der Waals surface area contributed by atoms with Crippen LogP contribution in [0, 0.1) is 0 Å². The number of aryl methyl sites for hydroxylation is 1. The van der Waals surface area contributed by atoms with Crippen molar-refractivity contribution in [3.05, 3.63) is 21.9 Å². The van der Waals surface area contributed by atoms with Crippen molar-refractivity contribution in [3.8, 4) is 0 Å². The number of morpholine rings is 1. The number of thiophene rings is 1. The van der Waals surface area contributed by atoms with E-state index >= 15 is 0 Å². The van der Waals surface area contributed by atoms with Gasteiger partial charge in [0.1, 0.15) is 5.25 Å². The first-order valence-electron chi connectivity index (χ1n) is 6.95. The summed E-state index contributed by atoms with van der Waals surface area (Å²) in [5, 5.41) is 10.8. The Hall–Kier alpha value is -1.05. The van der Waals surface area contributed by atoms with Crippen molar-refractivity contribution < 1.29 is 19.4 Å². The number of carboxylic acids is 1. The zero-order valence-electron chi connectivity index (χ0n) is 11.5. The Kier molecular flexibility index (Phi) is 4.51. The highest BCUT2D eigenvalue weighted by Crippen LogP contribution is 2.40. The molecule has 0 radical (unpaired) electrons. The molecule has 2 atom stereocenters. The van der Waals surface area contributed by atoms with Crippen molar-refractivity contribution in [2.45, 2.75) is 24.2 Å². The summed E-state index contributed by atoms with van der Waals surface area (Å²) in [4.78, 5) is 26.6. The Morgan fingerprint density at radius 2 is 2.33 bits per heavy atom. The van der Waals surface area contributed by atoms with Crippen LogP contribution in [0.1, 0.15) is 22.1 Å². The van der Waals surface area contributed by atoms with Crippen molar-refractivity contribution in [2.75, 3.05) is 25.4 Å². The molecular weight excluding hydrogens is 310 g/mol. The summed E-state index contributed by atoms with van der Waals surface area (Å²) in [7, 11) is 0. The zero-order valence-corrected chi connectivity index (χ0v) is 13.1. The number of amides is 1. The molecule has 3 rings (SSSR count). The predicted molar refractivity (Wildman–Crippen MR) is 81.8 cm³/mol. The SMILES string of the molecule is O=C(O)C[C@H]1CN(C(=O)[C@H]2SCCc3sccc32)CCO1. The van der Waals surface area contributed by atoms with Gasteiger partial charge in [0.25, 0.3) is 0 Å². The fourth-order valence-corrected chi connectivity index (χ4v) is 5.13. The average molecular weight is 327 g/mol. The van der Waals surface area contributed by atoms with Crippen LogP contribution in [0.4, 0.5) is 0 Å². The van der Waals surface area contributed by atoms with Crippen LogP contribution < -0.4 is 0 Å². The van der Waals surface area contributed by atoms with Crippen LogP contribution in [0.25, 0.3) is 0 Å². The first-order valence-corrected chi connectivity index (χ1v) is 8.88. The lowest BCUT2D eigenvalue weighted by molar-refractivity contribution is -0.147. The molecule has 7 heteroatoms. The van der Waals surface area contributed by atoms with E-state index in [0.717, 1.165) is 17.7 Å². The lowest BCUT2D eigenvalue weighted by atomic mass is 10.1. The molecule has 2 aliphatic heterocycles. The highest BCUT2D eigenvalue weighted by Gasteiger charge is 2.34. The summed E-state index contributed by atoms with van der Waals surface area (Å²) in [6, 6.07) is 2.05. The lowest BCUT2D eigenvalue weighted by Crippen LogP contribution is -2.47. The molecular formula is C14H17NO4S2. The van der Waals surface area contributed by atoms with Gasteiger partial charge >= 0.3 is 5.97 Å². The molecule has 5 nitrogen and oxygen atoms in total. The van der Waals surface area contributed by atoms with Gasteiger partial charge in [-0.2, -0.15) is 0 Å². The molecule has 2 aliphatic rings. The summed E-state index contributed by atoms with van der Waals surface area (Å²) >= 11 is 3.40. The largest absolute Gasteiger partial charge is 0.481 e. The Labute approximate surface area is 131 Å². The van der Waals surface area contributed by atoms with Crippen LogP contribution >= 0.6 is 23.1 Å². The predicted octanol–water partition coefficient (Wildman–Crippen LogP) is 1.78. The highest BCUT2D eigenvalue weighted by atomic mass is 32.2. The number of hydrogen-bond donors (Lipinski definition) is 1. The molecule has 1 saturated heterocycles. The normalized spacial score (nSPS) is 25.4. The van der Waals surface area contributed by atoms with Gasteiger partial charge < -0.3 is 14.7 Å². The number of hydrogen-bond acceptors (Lipinski definition) is 5. The van der Waals surface area contributed by atoms with Gasteiger partial charge in [0.15, 0.2) is 0 Å². The Bertz CT molecular complexity index is 545. The van der Waals surface area contributed by atoms with Gasteiger partial charge in [-0.15, -0.1) is 23.1 Å². The minimum absolute atomic E-state index is 0.0503. The van der Waals surface area contributed by atoms with Gasteiger partial charge in [-0.05, 0) is 29.2 Å². The molecule has 1 fully saturated rings. The first-order chi connectivity index (χ1) is 10.1. The van der Waals surface area contributed by atoms with Gasteiger partial charge in [-0.1, -0.05) is 0 Å². The molecule has 21 heavy (non-hydrogen) atoms. The van der Waals surface area contributed by atoms with Crippen LogP contribution in [0.2, 0.25) is 0 Å². The zero-order chi connectivity index (χ0) is 14.8. The van der Waals surface area contributed by atoms with Crippen molar-refractivity contribution in [1.82, 2.24) is 4.90 Å². The summed E-state index contributed by atoms with van der Waals surface area (Å²) < 4.78 is 5.43. The van der Waals surface area contributed by atoms with Gasteiger partial charge in [0.2, 0.25) is 5.91 Å². The smallest absolute Gasteiger partial charge is 0.306 e. The second kappa shape index (κ2) is 6.37. The molecule has 3 heterocycles. The number of aliphatic carboxylic acids is 1. The highest BCUT2D eigenvalue weighted by molar-refractivity contribution is 8.00. The van der Waals surface area contributed by atoms with E-state index in [1.54, 1.807) is 28.0 Å². The molecule has 1 N–H and O–H groups in total. The van der Waals surface area contributed by atoms with Crippen molar-refractivity contribution in [3.63, 3.8) is 0 Å². The van der Waals surface area contributed by atoms with Crippen molar-refractivity contribution in [1.29, 1.82) is 0 Å². The van der Waals surface area contributed by atoms with Crippen LogP contribution in [0.3, 0.4) is 0 Å². The van der Waals surface area contributed by atoms with Crippen LogP contribution in [-0.4, -0.2) is 53.4 Å². The van der Waals surface area contributed by atoms with Gasteiger partial charge in [0, 0.05) is 18.0 Å². The van der Waals surface area contributed by atoms with Gasteiger partial charge in [-0.3, -0.25) is 9.59 Å². The summed E-state index contributed by atoms with van der Waals surface area (Å²) in [6.07, 6.45) is 0.591. The number of fused-ring (bicyclic) bond motifs is 1. The molecule has 1 aromatic heterocycles. The molecule has 1 amide bonds. The molecule has 0 aliphatic carbocycles. The van der Waals surface area contributed by atoms with E-state index in [9.17, 15) is 9.59 Å². The standard InChI is InChI=1S/C14H17NO4S2/c16-12(17)7-9-8-15(3-4-19-9)14(18)13-10-1-5-20-11(10)2-6-21-13/h1,5,9,13H,2-4,6-8H2,(H,16,17)/t9-,13-/m0/s1. The number of rotatable bonds is 3. The molecule has 0 spiro atoms. The van der Waals surface area contributed by atoms with E-state index in [-0.39, 0.29) is 17.6 Å². The van der Waals surface area contributed by atoms with Crippen LogP contribution in [0.5, 0.6) is 0 Å². The van der Waals surface area contributed by atoms with Gasteiger partial charge in [-0.25, -0.2) is 0 Å². The van der Waals surface area contributed by atoms with E-state index in [2.05, 4.69) is 0 Å². The Morgan fingerprint density at radius 1 is 1.48 bits per heavy atom. The second-order valence-corrected chi connectivity index (χ2v) is 7.39. The molecule has 0 bridgehead atoms. The number of thioether (sulfide) groups is 1. The number of ether oxygens (including phenoxy) is 1. The van der Waals surface area contributed by atoms with Crippen LogP contribution in [0.15, 0.2) is 11.4 Å². The first kappa shape index (κ1) is 14.9. The van der Waals surface area contributed by atoms with E-state index in [1.807, 2.05) is 11.4 Å². The van der Waals surface area contributed by atoms with Crippen LogP contribution in [-0.2, 0) is 20.7 Å². The van der Waals surface area contributed by atoms with E-state index in [0.29, 0.717) is 19.7 Å². The van der Waals surface area contributed by atoms with E-state index in [4.69, 9.17) is 9.84 Å². The molecule has 1 aromatic rings. The molecule has 0 unspecified atom stereocenters. The summed E-state index contributed by atoms with van der Waals surface area (Å²) in [5.74, 6) is 0.173. The third-order valence-corrected chi connectivity index (χ3v) is 5.98. The third kappa shape index (κ3) is 3.25. The Balaban J connectivity index is 1.70. The van der Waals surface area contributed by atoms with E-state index < -0.39 is 12.1 Å². The Morgan fingerprint density at radius 3 is 3.14 bits per heavy atom. The summed E-state index contributed by atoms with van der Waals surface area (Å²) in [6.45, 7) is 1.34. The number of carboxylic acid groups (broad SMARTS) is 1. The average Bonchev–Trinajstić information content (AvgIpc) is 2.94. The number of carbonyl (C=O) groups excluding carboxylic acids is 1. The quantitative estimate of drug-likeness (QED) is 0.917. The number of carbonyl (C=O) groups is 2. The fourth-order valence-electron chi connectivity index (χ4n) is 2.75. The maximum absolute atomic E-state index is 12.8. The van der Waals surface area contributed by atoms with Gasteiger partial charge in [0.05, 0.1) is 19.1 Å².